The molecule has 37 heavy (non-hydrogen) atoms. The fraction of sp³-hybridized carbons (Fsp3) is 0.548. The van der Waals surface area contributed by atoms with Gasteiger partial charge in [-0.1, -0.05) is 69.1 Å². The van der Waals surface area contributed by atoms with Crippen molar-refractivity contribution >= 4 is 11.4 Å². The van der Waals surface area contributed by atoms with E-state index < -0.39 is 0 Å². The maximum Gasteiger partial charge on any atom is 0.119 e. The molecular formula is C31H46N2O4. The van der Waals surface area contributed by atoms with Crippen LogP contribution >= 0.6 is 0 Å². The van der Waals surface area contributed by atoms with E-state index in [1.807, 2.05) is 48.5 Å². The monoisotopic (exact) mass is 510 g/mol. The standard InChI is InChI=1S/C31H46N2O4/c1-3-5-7-12-24-36-28-20-16-26(17-21-28)30(32-34)14-10-9-11-15-31(33-35)27-18-22-29(23-19-27)37-25-13-8-6-4-2/h16-23,34-35H,3-15,24-25H2,1-2H3/b32-30+,33-31+. The van der Waals surface area contributed by atoms with E-state index in [1.165, 1.54) is 38.5 Å². The first-order chi connectivity index (χ1) is 18.2. The molecule has 2 rings (SSSR count). The number of hydrogen-bond acceptors (Lipinski definition) is 6. The number of benzene rings is 2. The van der Waals surface area contributed by atoms with Crippen molar-refractivity contribution in [2.24, 2.45) is 10.3 Å². The van der Waals surface area contributed by atoms with E-state index in [-0.39, 0.29) is 0 Å². The van der Waals surface area contributed by atoms with Crippen LogP contribution in [0.15, 0.2) is 58.8 Å². The molecule has 0 amide bonds. The van der Waals surface area contributed by atoms with E-state index in [0.717, 1.165) is 67.9 Å². The van der Waals surface area contributed by atoms with Crippen LogP contribution in [0.4, 0.5) is 0 Å². The topological polar surface area (TPSA) is 83.6 Å². The van der Waals surface area contributed by atoms with Gasteiger partial charge in [-0.3, -0.25) is 0 Å². The zero-order chi connectivity index (χ0) is 26.6. The second-order valence-corrected chi connectivity index (χ2v) is 9.52. The average molecular weight is 511 g/mol. The molecule has 0 bridgehead atoms. The first kappa shape index (κ1) is 30.2. The van der Waals surface area contributed by atoms with Crippen LogP contribution in [0.3, 0.4) is 0 Å². The predicted octanol–water partition coefficient (Wildman–Crippen LogP) is 8.61. The van der Waals surface area contributed by atoms with Gasteiger partial charge in [-0.2, -0.15) is 0 Å². The summed E-state index contributed by atoms with van der Waals surface area (Å²) in [6.45, 7) is 5.87. The van der Waals surface area contributed by atoms with Crippen molar-refractivity contribution in [3.8, 4) is 11.5 Å². The van der Waals surface area contributed by atoms with Gasteiger partial charge in [0.15, 0.2) is 0 Å². The molecule has 0 atom stereocenters. The predicted molar refractivity (Wildman–Crippen MR) is 152 cm³/mol. The highest BCUT2D eigenvalue weighted by molar-refractivity contribution is 6.00. The molecule has 0 spiro atoms. The van der Waals surface area contributed by atoms with Gasteiger partial charge in [0.1, 0.15) is 11.5 Å². The molecule has 0 fully saturated rings. The minimum Gasteiger partial charge on any atom is -0.494 e. The Labute approximate surface area is 223 Å². The first-order valence-electron chi connectivity index (χ1n) is 14.1. The smallest absolute Gasteiger partial charge is 0.119 e. The minimum absolute atomic E-state index is 0.677. The number of rotatable bonds is 20. The van der Waals surface area contributed by atoms with Crippen LogP contribution in [-0.4, -0.2) is 35.1 Å². The second-order valence-electron chi connectivity index (χ2n) is 9.52. The summed E-state index contributed by atoms with van der Waals surface area (Å²) in [4.78, 5) is 0. The quantitative estimate of drug-likeness (QED) is 0.0808. The molecule has 2 aromatic rings. The summed E-state index contributed by atoms with van der Waals surface area (Å²) in [7, 11) is 0. The normalized spacial score (nSPS) is 12.1. The SMILES string of the molecule is CCCCCCOc1ccc(/C(CCCCC/C(=N\O)c2ccc(OCCCCCC)cc2)=N/O)cc1. The van der Waals surface area contributed by atoms with E-state index in [0.29, 0.717) is 24.3 Å². The lowest BCUT2D eigenvalue weighted by Gasteiger charge is -2.09. The first-order valence-corrected chi connectivity index (χ1v) is 14.1. The van der Waals surface area contributed by atoms with E-state index in [1.54, 1.807) is 0 Å². The Balaban J connectivity index is 1.69. The molecule has 0 aliphatic carbocycles. The van der Waals surface area contributed by atoms with Crippen LogP contribution < -0.4 is 9.47 Å². The van der Waals surface area contributed by atoms with Gasteiger partial charge in [-0.25, -0.2) is 0 Å². The van der Waals surface area contributed by atoms with E-state index >= 15 is 0 Å². The molecule has 0 heterocycles. The van der Waals surface area contributed by atoms with Gasteiger partial charge in [-0.15, -0.1) is 0 Å². The van der Waals surface area contributed by atoms with Crippen molar-refractivity contribution in [1.29, 1.82) is 0 Å². The van der Waals surface area contributed by atoms with Crippen LogP contribution in [0.25, 0.3) is 0 Å². The third-order valence-electron chi connectivity index (χ3n) is 6.48. The summed E-state index contributed by atoms with van der Waals surface area (Å²) in [5.41, 5.74) is 3.17. The Morgan fingerprint density at radius 2 is 0.919 bits per heavy atom. The molecule has 2 N–H and O–H groups in total. The second kappa shape index (κ2) is 19.1. The Morgan fingerprint density at radius 3 is 1.27 bits per heavy atom. The fourth-order valence-electron chi connectivity index (χ4n) is 4.19. The molecule has 0 aliphatic heterocycles. The van der Waals surface area contributed by atoms with Gasteiger partial charge in [0, 0.05) is 0 Å². The molecule has 0 unspecified atom stereocenters. The maximum absolute atomic E-state index is 9.51. The third-order valence-corrected chi connectivity index (χ3v) is 6.48. The average Bonchev–Trinajstić information content (AvgIpc) is 2.93. The molecule has 0 radical (unpaired) electrons. The van der Waals surface area contributed by atoms with Crippen molar-refractivity contribution in [3.05, 3.63) is 59.7 Å². The Hall–Kier alpha value is -3.02. The number of oxime groups is 2. The lowest BCUT2D eigenvalue weighted by molar-refractivity contribution is 0.305. The third kappa shape index (κ3) is 12.2. The summed E-state index contributed by atoms with van der Waals surface area (Å²) < 4.78 is 11.6. The van der Waals surface area contributed by atoms with Crippen molar-refractivity contribution in [2.75, 3.05) is 13.2 Å². The highest BCUT2D eigenvalue weighted by Gasteiger charge is 2.08. The van der Waals surface area contributed by atoms with Gasteiger partial charge in [0.05, 0.1) is 24.6 Å². The molecule has 0 aromatic heterocycles. The molecule has 2 aromatic carbocycles. The van der Waals surface area contributed by atoms with E-state index in [4.69, 9.17) is 9.47 Å². The summed E-state index contributed by atoms with van der Waals surface area (Å²) in [5, 5.41) is 26.1. The van der Waals surface area contributed by atoms with Crippen molar-refractivity contribution in [1.82, 2.24) is 0 Å². The van der Waals surface area contributed by atoms with Crippen LogP contribution in [-0.2, 0) is 0 Å². The van der Waals surface area contributed by atoms with Crippen LogP contribution in [0, 0.1) is 0 Å². The maximum atomic E-state index is 9.51. The zero-order valence-electron chi connectivity index (χ0n) is 22.8. The van der Waals surface area contributed by atoms with Crippen LogP contribution in [0.2, 0.25) is 0 Å². The number of unbranched alkanes of at least 4 members (excludes halogenated alkanes) is 8. The largest absolute Gasteiger partial charge is 0.494 e. The number of hydrogen-bond donors (Lipinski definition) is 2. The lowest BCUT2D eigenvalue weighted by atomic mass is 10.0. The Bertz CT molecular complexity index is 832. The molecule has 0 saturated heterocycles. The van der Waals surface area contributed by atoms with E-state index in [9.17, 15) is 10.4 Å². The number of ether oxygens (including phenoxy) is 2. The molecular weight excluding hydrogens is 464 g/mol. The fourth-order valence-corrected chi connectivity index (χ4v) is 4.19. The van der Waals surface area contributed by atoms with Crippen molar-refractivity contribution < 1.29 is 19.9 Å². The highest BCUT2D eigenvalue weighted by Crippen LogP contribution is 2.18. The molecule has 6 heteroatoms. The van der Waals surface area contributed by atoms with Gasteiger partial charge in [0.25, 0.3) is 0 Å². The van der Waals surface area contributed by atoms with Crippen molar-refractivity contribution in [2.45, 2.75) is 97.3 Å². The summed E-state index contributed by atoms with van der Waals surface area (Å²) in [5.74, 6) is 1.69. The summed E-state index contributed by atoms with van der Waals surface area (Å²) in [6.07, 6.45) is 13.5. The molecule has 0 saturated carbocycles. The van der Waals surface area contributed by atoms with Gasteiger partial charge in [0.2, 0.25) is 0 Å². The van der Waals surface area contributed by atoms with Crippen LogP contribution in [0.5, 0.6) is 11.5 Å². The van der Waals surface area contributed by atoms with Gasteiger partial charge in [-0.05, 0) is 98.2 Å². The van der Waals surface area contributed by atoms with E-state index in [2.05, 4.69) is 24.2 Å². The number of nitrogens with zero attached hydrogens (tertiary/aromatic N) is 2. The Morgan fingerprint density at radius 1 is 0.541 bits per heavy atom. The van der Waals surface area contributed by atoms with Gasteiger partial charge >= 0.3 is 0 Å². The van der Waals surface area contributed by atoms with Crippen molar-refractivity contribution in [3.63, 3.8) is 0 Å². The Kier molecular flexibility index (Phi) is 15.6. The summed E-state index contributed by atoms with van der Waals surface area (Å²) in [6, 6.07) is 15.6. The molecule has 0 aliphatic rings. The summed E-state index contributed by atoms with van der Waals surface area (Å²) >= 11 is 0. The van der Waals surface area contributed by atoms with Gasteiger partial charge < -0.3 is 19.9 Å². The molecule has 204 valence electrons. The zero-order valence-corrected chi connectivity index (χ0v) is 22.8. The lowest BCUT2D eigenvalue weighted by Crippen LogP contribution is -2.04. The molecule has 6 nitrogen and oxygen atoms in total. The highest BCUT2D eigenvalue weighted by atomic mass is 16.5. The van der Waals surface area contributed by atoms with Crippen LogP contribution in [0.1, 0.15) is 108 Å². The minimum atomic E-state index is 0.677.